The lowest BCUT2D eigenvalue weighted by atomic mass is 10.2. The number of pyridine rings is 1. The van der Waals surface area contributed by atoms with Gasteiger partial charge in [0.2, 0.25) is 0 Å². The zero-order chi connectivity index (χ0) is 10.8. The van der Waals surface area contributed by atoms with E-state index in [4.69, 9.17) is 9.63 Å². The van der Waals surface area contributed by atoms with Gasteiger partial charge in [0, 0.05) is 5.69 Å². The van der Waals surface area contributed by atoms with Crippen LogP contribution in [0.15, 0.2) is 28.9 Å². The molecule has 0 saturated heterocycles. The number of carboxylic acid groups (broad SMARTS) is 1. The molecule has 0 spiro atoms. The number of rotatable bonds is 2. The van der Waals surface area contributed by atoms with E-state index >= 15 is 0 Å². The van der Waals surface area contributed by atoms with Crippen molar-refractivity contribution in [3.05, 3.63) is 35.7 Å². The van der Waals surface area contributed by atoms with E-state index in [0.717, 1.165) is 5.69 Å². The Bertz CT molecular complexity index is 505. The van der Waals surface area contributed by atoms with Crippen LogP contribution in [0.25, 0.3) is 11.5 Å². The predicted molar refractivity (Wildman–Crippen MR) is 51.4 cm³/mol. The van der Waals surface area contributed by atoms with Crippen molar-refractivity contribution in [2.24, 2.45) is 0 Å². The van der Waals surface area contributed by atoms with Crippen LogP contribution in [0.4, 0.5) is 0 Å². The maximum atomic E-state index is 10.8. The average molecular weight is 204 g/mol. The molecule has 1 N–H and O–H groups in total. The summed E-state index contributed by atoms with van der Waals surface area (Å²) in [6, 6.07) is 5.28. The predicted octanol–water partition coefficient (Wildman–Crippen LogP) is 1.74. The largest absolute Gasteiger partial charge is 0.477 e. The first-order valence-corrected chi connectivity index (χ1v) is 4.30. The number of carbonyl (C=O) groups is 1. The summed E-state index contributed by atoms with van der Waals surface area (Å²) in [7, 11) is 0. The molecule has 0 radical (unpaired) electrons. The molecule has 15 heavy (non-hydrogen) atoms. The smallest absolute Gasteiger partial charge is 0.341 e. The van der Waals surface area contributed by atoms with Crippen LogP contribution in [0.1, 0.15) is 16.1 Å². The Morgan fingerprint density at radius 3 is 2.93 bits per heavy atom. The second-order valence-electron chi connectivity index (χ2n) is 3.04. The van der Waals surface area contributed by atoms with Crippen LogP contribution in [0.2, 0.25) is 0 Å². The molecule has 0 bridgehead atoms. The summed E-state index contributed by atoms with van der Waals surface area (Å²) in [4.78, 5) is 15.0. The molecule has 2 heterocycles. The van der Waals surface area contributed by atoms with Crippen LogP contribution in [0, 0.1) is 6.92 Å². The van der Waals surface area contributed by atoms with Gasteiger partial charge in [-0.25, -0.2) is 9.78 Å². The zero-order valence-electron chi connectivity index (χ0n) is 7.97. The summed E-state index contributed by atoms with van der Waals surface area (Å²) in [5.41, 5.74) is 1.29. The summed E-state index contributed by atoms with van der Waals surface area (Å²) in [5, 5.41) is 12.3. The maximum Gasteiger partial charge on any atom is 0.341 e. The highest BCUT2D eigenvalue weighted by Gasteiger charge is 2.17. The molecule has 2 aromatic rings. The molecule has 0 aromatic carbocycles. The highest BCUT2D eigenvalue weighted by molar-refractivity contribution is 5.93. The zero-order valence-corrected chi connectivity index (χ0v) is 7.97. The van der Waals surface area contributed by atoms with Crippen LogP contribution in [-0.2, 0) is 0 Å². The van der Waals surface area contributed by atoms with E-state index in [1.165, 1.54) is 6.20 Å². The van der Waals surface area contributed by atoms with Gasteiger partial charge < -0.3 is 9.63 Å². The molecule has 5 heteroatoms. The molecule has 0 aliphatic rings. The summed E-state index contributed by atoms with van der Waals surface area (Å²) in [6.45, 7) is 1.82. The first-order valence-electron chi connectivity index (χ1n) is 4.30. The van der Waals surface area contributed by atoms with E-state index in [-0.39, 0.29) is 11.3 Å². The van der Waals surface area contributed by atoms with Crippen molar-refractivity contribution in [1.29, 1.82) is 0 Å². The minimum absolute atomic E-state index is 0.0214. The van der Waals surface area contributed by atoms with Crippen LogP contribution in [0.3, 0.4) is 0 Å². The number of aromatic carboxylic acids is 1. The third-order valence-corrected chi connectivity index (χ3v) is 1.92. The molecule has 0 atom stereocenters. The van der Waals surface area contributed by atoms with Gasteiger partial charge in [0.25, 0.3) is 0 Å². The number of aryl methyl sites for hydroxylation is 1. The molecule has 0 unspecified atom stereocenters. The normalized spacial score (nSPS) is 10.2. The van der Waals surface area contributed by atoms with Crippen molar-refractivity contribution in [2.45, 2.75) is 6.92 Å². The Hall–Kier alpha value is -2.17. The molecule has 2 rings (SSSR count). The lowest BCUT2D eigenvalue weighted by molar-refractivity contribution is 0.0697. The van der Waals surface area contributed by atoms with E-state index in [9.17, 15) is 4.79 Å². The highest BCUT2D eigenvalue weighted by atomic mass is 16.5. The summed E-state index contributed by atoms with van der Waals surface area (Å²) in [6.07, 6.45) is 1.17. The van der Waals surface area contributed by atoms with Gasteiger partial charge in [0.1, 0.15) is 11.3 Å². The van der Waals surface area contributed by atoms with E-state index < -0.39 is 5.97 Å². The highest BCUT2D eigenvalue weighted by Crippen LogP contribution is 2.21. The van der Waals surface area contributed by atoms with Crippen molar-refractivity contribution in [3.63, 3.8) is 0 Å². The summed E-state index contributed by atoms with van der Waals surface area (Å²) < 4.78 is 4.87. The van der Waals surface area contributed by atoms with Gasteiger partial charge in [-0.3, -0.25) is 0 Å². The third kappa shape index (κ3) is 1.71. The van der Waals surface area contributed by atoms with Crippen LogP contribution < -0.4 is 0 Å². The second-order valence-corrected chi connectivity index (χ2v) is 3.04. The van der Waals surface area contributed by atoms with Gasteiger partial charge in [0.05, 0.1) is 6.20 Å². The van der Waals surface area contributed by atoms with Crippen molar-refractivity contribution in [1.82, 2.24) is 10.1 Å². The van der Waals surface area contributed by atoms with Gasteiger partial charge in [-0.1, -0.05) is 11.2 Å². The van der Waals surface area contributed by atoms with Gasteiger partial charge in [-0.05, 0) is 19.1 Å². The fraction of sp³-hybridized carbons (Fsp3) is 0.100. The monoisotopic (exact) mass is 204 g/mol. The van der Waals surface area contributed by atoms with E-state index in [1.54, 1.807) is 12.1 Å². The van der Waals surface area contributed by atoms with Gasteiger partial charge in [-0.15, -0.1) is 0 Å². The quantitative estimate of drug-likeness (QED) is 0.806. The Kier molecular flexibility index (Phi) is 2.21. The van der Waals surface area contributed by atoms with Gasteiger partial charge >= 0.3 is 5.97 Å². The number of carboxylic acids is 1. The molecular weight excluding hydrogens is 196 g/mol. The number of nitrogens with zero attached hydrogens (tertiary/aromatic N) is 2. The van der Waals surface area contributed by atoms with Crippen molar-refractivity contribution >= 4 is 5.97 Å². The summed E-state index contributed by atoms with van der Waals surface area (Å²) in [5.74, 6) is -0.888. The van der Waals surface area contributed by atoms with Gasteiger partial charge in [-0.2, -0.15) is 0 Å². The number of aromatic nitrogens is 2. The second kappa shape index (κ2) is 3.53. The van der Waals surface area contributed by atoms with Crippen LogP contribution in [0.5, 0.6) is 0 Å². The lowest BCUT2D eigenvalue weighted by Crippen LogP contribution is -1.97. The Morgan fingerprint density at radius 2 is 2.27 bits per heavy atom. The van der Waals surface area contributed by atoms with Gasteiger partial charge in [0.15, 0.2) is 5.76 Å². The first-order chi connectivity index (χ1) is 7.18. The fourth-order valence-corrected chi connectivity index (χ4v) is 1.25. The Morgan fingerprint density at radius 1 is 1.47 bits per heavy atom. The SMILES string of the molecule is Cc1cccc(-c2oncc2C(=O)O)n1. The molecule has 0 amide bonds. The average Bonchev–Trinajstić information content (AvgIpc) is 2.65. The third-order valence-electron chi connectivity index (χ3n) is 1.92. The fourth-order valence-electron chi connectivity index (χ4n) is 1.25. The molecule has 0 aliphatic heterocycles. The van der Waals surface area contributed by atoms with Crippen LogP contribution in [-0.4, -0.2) is 21.2 Å². The molecule has 5 nitrogen and oxygen atoms in total. The topological polar surface area (TPSA) is 76.2 Å². The Balaban J connectivity index is 2.54. The molecule has 0 saturated carbocycles. The molecule has 2 aromatic heterocycles. The van der Waals surface area contributed by atoms with Crippen molar-refractivity contribution in [2.75, 3.05) is 0 Å². The van der Waals surface area contributed by atoms with E-state index in [1.807, 2.05) is 13.0 Å². The Labute approximate surface area is 85.4 Å². The van der Waals surface area contributed by atoms with E-state index in [0.29, 0.717) is 5.69 Å². The van der Waals surface area contributed by atoms with E-state index in [2.05, 4.69) is 10.1 Å². The maximum absolute atomic E-state index is 10.8. The molecule has 0 aliphatic carbocycles. The van der Waals surface area contributed by atoms with Crippen molar-refractivity contribution < 1.29 is 14.4 Å². The minimum Gasteiger partial charge on any atom is -0.477 e. The summed E-state index contributed by atoms with van der Waals surface area (Å²) >= 11 is 0. The minimum atomic E-state index is -1.07. The molecular formula is C10H8N2O3. The van der Waals surface area contributed by atoms with Crippen LogP contribution >= 0.6 is 0 Å². The molecule has 0 fully saturated rings. The molecule has 76 valence electrons. The van der Waals surface area contributed by atoms with Crippen molar-refractivity contribution in [3.8, 4) is 11.5 Å². The lowest BCUT2D eigenvalue weighted by Gasteiger charge is -1.97. The standard InChI is InChI=1S/C10H8N2O3/c1-6-3-2-4-8(12-6)9-7(10(13)14)5-11-15-9/h2-5H,1H3,(H,13,14). The number of hydrogen-bond acceptors (Lipinski definition) is 4. The first kappa shape index (κ1) is 9.39. The number of hydrogen-bond donors (Lipinski definition) is 1.